The Morgan fingerprint density at radius 2 is 1.87 bits per heavy atom. The number of carbonyl (C=O) groups is 2. The zero-order chi connectivity index (χ0) is 17.0. The molecule has 2 aromatic rings. The molecule has 7 nitrogen and oxygen atoms in total. The summed E-state index contributed by atoms with van der Waals surface area (Å²) in [4.78, 5) is 22.9. The molecule has 1 unspecified atom stereocenters. The average molecular weight is 354 g/mol. The van der Waals surface area contributed by atoms with Crippen LogP contribution in [0.5, 0.6) is 0 Å². The van der Waals surface area contributed by atoms with Gasteiger partial charge in [-0.15, -0.1) is 11.3 Å². The van der Waals surface area contributed by atoms with Gasteiger partial charge in [-0.25, -0.2) is 8.42 Å². The highest BCUT2D eigenvalue weighted by molar-refractivity contribution is 7.89. The Kier molecular flexibility index (Phi) is 5.14. The minimum atomic E-state index is -4.07. The maximum absolute atomic E-state index is 12.3. The van der Waals surface area contributed by atoms with Crippen molar-refractivity contribution in [3.05, 3.63) is 52.2 Å². The average Bonchev–Trinajstić information content (AvgIpc) is 3.03. The van der Waals surface area contributed by atoms with Gasteiger partial charge in [0.15, 0.2) is 0 Å². The van der Waals surface area contributed by atoms with Crippen molar-refractivity contribution in [2.45, 2.75) is 10.9 Å². The summed E-state index contributed by atoms with van der Waals surface area (Å²) in [6.07, 6.45) is 0. The molecule has 1 aromatic heterocycles. The molecule has 0 aliphatic heterocycles. The highest BCUT2D eigenvalue weighted by Gasteiger charge is 2.28. The van der Waals surface area contributed by atoms with Gasteiger partial charge in [-0.2, -0.15) is 4.72 Å². The second-order valence-corrected chi connectivity index (χ2v) is 7.15. The molecule has 0 aliphatic rings. The van der Waals surface area contributed by atoms with Gasteiger partial charge < -0.3 is 10.4 Å². The number of hydrogen-bond donors (Lipinski definition) is 3. The number of aliphatic carboxylic acids is 1. The molecule has 1 aromatic carbocycles. The predicted molar refractivity (Wildman–Crippen MR) is 84.8 cm³/mol. The van der Waals surface area contributed by atoms with Crippen LogP contribution in [-0.4, -0.2) is 32.4 Å². The lowest BCUT2D eigenvalue weighted by Gasteiger charge is -2.14. The molecule has 122 valence electrons. The van der Waals surface area contributed by atoms with E-state index in [1.54, 1.807) is 18.2 Å². The van der Waals surface area contributed by atoms with Gasteiger partial charge in [0.05, 0.1) is 9.77 Å². The van der Waals surface area contributed by atoms with Gasteiger partial charge >= 0.3 is 5.97 Å². The van der Waals surface area contributed by atoms with Gasteiger partial charge in [0, 0.05) is 12.4 Å². The van der Waals surface area contributed by atoms with Gasteiger partial charge in [-0.05, 0) is 11.6 Å². The fourth-order valence-electron chi connectivity index (χ4n) is 1.83. The van der Waals surface area contributed by atoms with Crippen molar-refractivity contribution >= 4 is 33.2 Å². The van der Waals surface area contributed by atoms with Crippen LogP contribution in [0.2, 0.25) is 0 Å². The van der Waals surface area contributed by atoms with E-state index in [4.69, 9.17) is 0 Å². The number of amides is 1. The Morgan fingerprint density at radius 1 is 1.22 bits per heavy atom. The lowest BCUT2D eigenvalue weighted by atomic mass is 10.1. The van der Waals surface area contributed by atoms with Crippen LogP contribution in [0.15, 0.2) is 46.7 Å². The van der Waals surface area contributed by atoms with Crippen molar-refractivity contribution in [1.82, 2.24) is 10.0 Å². The molecular formula is C14H14N2O5S2. The summed E-state index contributed by atoms with van der Waals surface area (Å²) in [5.74, 6) is -1.73. The molecule has 1 amide bonds. The summed E-state index contributed by atoms with van der Waals surface area (Å²) >= 11 is 0.962. The van der Waals surface area contributed by atoms with E-state index >= 15 is 0 Å². The van der Waals surface area contributed by atoms with Crippen LogP contribution in [0.25, 0.3) is 0 Å². The SMILES string of the molecule is CNC(=O)c1cc(S(=O)(=O)NC(C(=O)O)c2ccccc2)cs1. The molecule has 0 fully saturated rings. The topological polar surface area (TPSA) is 113 Å². The fourth-order valence-corrected chi connectivity index (χ4v) is 4.23. The number of hydrogen-bond acceptors (Lipinski definition) is 5. The fraction of sp³-hybridized carbons (Fsp3) is 0.143. The minimum absolute atomic E-state index is 0.150. The lowest BCUT2D eigenvalue weighted by Crippen LogP contribution is -2.33. The van der Waals surface area contributed by atoms with Crippen molar-refractivity contribution in [2.24, 2.45) is 0 Å². The van der Waals surface area contributed by atoms with Crippen LogP contribution in [-0.2, 0) is 14.8 Å². The van der Waals surface area contributed by atoms with Crippen LogP contribution in [0.4, 0.5) is 0 Å². The second-order valence-electron chi connectivity index (χ2n) is 4.53. The number of carboxylic acid groups (broad SMARTS) is 1. The molecule has 1 atom stereocenters. The van der Waals surface area contributed by atoms with Crippen molar-refractivity contribution in [2.75, 3.05) is 7.05 Å². The normalized spacial score (nSPS) is 12.6. The van der Waals surface area contributed by atoms with Gasteiger partial charge in [0.2, 0.25) is 10.0 Å². The van der Waals surface area contributed by atoms with Crippen LogP contribution in [0.3, 0.4) is 0 Å². The zero-order valence-corrected chi connectivity index (χ0v) is 13.6. The number of rotatable bonds is 6. The highest BCUT2D eigenvalue weighted by Crippen LogP contribution is 2.22. The van der Waals surface area contributed by atoms with Crippen molar-refractivity contribution in [1.29, 1.82) is 0 Å². The Balaban J connectivity index is 2.30. The number of benzene rings is 1. The van der Waals surface area contributed by atoms with E-state index in [9.17, 15) is 23.1 Å². The van der Waals surface area contributed by atoms with Gasteiger partial charge in [0.25, 0.3) is 5.91 Å². The Morgan fingerprint density at radius 3 is 2.43 bits per heavy atom. The van der Waals surface area contributed by atoms with Crippen molar-refractivity contribution in [3.8, 4) is 0 Å². The zero-order valence-electron chi connectivity index (χ0n) is 12.0. The molecule has 0 bridgehead atoms. The third-order valence-electron chi connectivity index (χ3n) is 2.99. The number of carboxylic acids is 1. The largest absolute Gasteiger partial charge is 0.480 e. The predicted octanol–water partition coefficient (Wildman–Crippen LogP) is 1.21. The highest BCUT2D eigenvalue weighted by atomic mass is 32.2. The number of carbonyl (C=O) groups excluding carboxylic acids is 1. The molecule has 0 saturated carbocycles. The summed E-state index contributed by atoms with van der Waals surface area (Å²) in [5, 5.41) is 13.0. The third-order valence-corrected chi connectivity index (χ3v) is 5.47. The number of sulfonamides is 1. The smallest absolute Gasteiger partial charge is 0.326 e. The molecular weight excluding hydrogens is 340 g/mol. The number of nitrogens with one attached hydrogen (secondary N) is 2. The number of thiophene rings is 1. The van der Waals surface area contributed by atoms with E-state index in [-0.39, 0.29) is 9.77 Å². The van der Waals surface area contributed by atoms with E-state index in [1.165, 1.54) is 30.6 Å². The van der Waals surface area contributed by atoms with Crippen LogP contribution >= 0.6 is 11.3 Å². The van der Waals surface area contributed by atoms with E-state index in [1.807, 2.05) is 0 Å². The molecule has 0 radical (unpaired) electrons. The first-order chi connectivity index (χ1) is 10.8. The van der Waals surface area contributed by atoms with Gasteiger partial charge in [-0.3, -0.25) is 9.59 Å². The summed E-state index contributed by atoms with van der Waals surface area (Å²) in [7, 11) is -2.64. The summed E-state index contributed by atoms with van der Waals surface area (Å²) in [5.41, 5.74) is 0.310. The van der Waals surface area contributed by atoms with Crippen LogP contribution in [0.1, 0.15) is 21.3 Å². The van der Waals surface area contributed by atoms with E-state index in [2.05, 4.69) is 10.0 Å². The first-order valence-electron chi connectivity index (χ1n) is 6.46. The first kappa shape index (κ1) is 17.1. The molecule has 2 rings (SSSR count). The van der Waals surface area contributed by atoms with Crippen molar-refractivity contribution < 1.29 is 23.1 Å². The third kappa shape index (κ3) is 3.95. The molecule has 3 N–H and O–H groups in total. The van der Waals surface area contributed by atoms with E-state index in [0.29, 0.717) is 5.56 Å². The lowest BCUT2D eigenvalue weighted by molar-refractivity contribution is -0.139. The van der Waals surface area contributed by atoms with Crippen LogP contribution in [0, 0.1) is 0 Å². The van der Waals surface area contributed by atoms with Crippen LogP contribution < -0.4 is 10.0 Å². The standard InChI is InChI=1S/C14H14N2O5S2/c1-15-13(17)11-7-10(8-22-11)23(20,21)16-12(14(18)19)9-5-3-2-4-6-9/h2-8,12,16H,1H3,(H,15,17)(H,18,19). The maximum Gasteiger partial charge on any atom is 0.326 e. The quantitative estimate of drug-likeness (QED) is 0.722. The second kappa shape index (κ2) is 6.90. The molecule has 9 heteroatoms. The molecule has 23 heavy (non-hydrogen) atoms. The minimum Gasteiger partial charge on any atom is -0.480 e. The Bertz CT molecular complexity index is 815. The molecule has 0 spiro atoms. The summed E-state index contributed by atoms with van der Waals surface area (Å²) in [6.45, 7) is 0. The van der Waals surface area contributed by atoms with Crippen molar-refractivity contribution in [3.63, 3.8) is 0 Å². The first-order valence-corrected chi connectivity index (χ1v) is 8.82. The Labute approximate surface area is 137 Å². The molecule has 0 aliphatic carbocycles. The van der Waals surface area contributed by atoms with E-state index < -0.39 is 27.9 Å². The van der Waals surface area contributed by atoms with Gasteiger partial charge in [-0.1, -0.05) is 30.3 Å². The van der Waals surface area contributed by atoms with E-state index in [0.717, 1.165) is 11.3 Å². The molecule has 1 heterocycles. The maximum atomic E-state index is 12.3. The van der Waals surface area contributed by atoms with Gasteiger partial charge in [0.1, 0.15) is 6.04 Å². The monoisotopic (exact) mass is 354 g/mol. The summed E-state index contributed by atoms with van der Waals surface area (Å²) < 4.78 is 26.8. The Hall–Kier alpha value is -2.23. The summed E-state index contributed by atoms with van der Waals surface area (Å²) in [6, 6.07) is 7.77. The molecule has 0 saturated heterocycles.